The molecule has 2 nitrogen and oxygen atoms in total. The monoisotopic (exact) mass is 278 g/mol. The van der Waals surface area contributed by atoms with Gasteiger partial charge in [-0.2, -0.15) is 0 Å². The fourth-order valence-corrected chi connectivity index (χ4v) is 3.39. The van der Waals surface area contributed by atoms with Gasteiger partial charge in [0.2, 0.25) is 0 Å². The van der Waals surface area contributed by atoms with Crippen LogP contribution in [0, 0.1) is 18.7 Å². The van der Waals surface area contributed by atoms with Gasteiger partial charge in [-0.15, -0.1) is 0 Å². The maximum absolute atomic E-state index is 13.3. The molecule has 1 aromatic carbocycles. The van der Waals surface area contributed by atoms with Crippen LogP contribution in [0.4, 0.5) is 4.39 Å². The molecule has 0 spiro atoms. The maximum atomic E-state index is 13.3. The molecule has 1 aliphatic rings. The van der Waals surface area contributed by atoms with E-state index in [0.717, 1.165) is 24.6 Å². The van der Waals surface area contributed by atoms with Gasteiger partial charge in [0.15, 0.2) is 0 Å². The average Bonchev–Trinajstić information content (AvgIpc) is 2.67. The van der Waals surface area contributed by atoms with E-state index in [0.29, 0.717) is 6.54 Å². The average molecular weight is 278 g/mol. The van der Waals surface area contributed by atoms with Crippen molar-refractivity contribution in [2.45, 2.75) is 45.6 Å². The minimum atomic E-state index is -0.163. The van der Waals surface area contributed by atoms with Crippen LogP contribution in [0.2, 0.25) is 0 Å². The first kappa shape index (κ1) is 15.5. The van der Waals surface area contributed by atoms with Crippen LogP contribution < -0.4 is 5.73 Å². The second-order valence-electron chi connectivity index (χ2n) is 5.99. The van der Waals surface area contributed by atoms with Crippen molar-refractivity contribution in [3.8, 4) is 0 Å². The zero-order valence-corrected chi connectivity index (χ0v) is 12.7. The summed E-state index contributed by atoms with van der Waals surface area (Å²) in [6, 6.07) is 5.30. The lowest BCUT2D eigenvalue weighted by molar-refractivity contribution is 0.206. The Morgan fingerprint density at radius 1 is 1.35 bits per heavy atom. The van der Waals surface area contributed by atoms with Gasteiger partial charge in [0.1, 0.15) is 5.82 Å². The van der Waals surface area contributed by atoms with E-state index in [4.69, 9.17) is 5.73 Å². The molecule has 0 amide bonds. The molecule has 2 atom stereocenters. The highest BCUT2D eigenvalue weighted by Gasteiger charge is 2.24. The fraction of sp³-hybridized carbons (Fsp3) is 0.647. The van der Waals surface area contributed by atoms with Crippen molar-refractivity contribution in [3.63, 3.8) is 0 Å². The number of nitrogens with two attached hydrogens (primary N) is 1. The number of rotatable bonds is 4. The van der Waals surface area contributed by atoms with Crippen LogP contribution in [0.25, 0.3) is 0 Å². The van der Waals surface area contributed by atoms with Crippen LogP contribution in [0.1, 0.15) is 49.8 Å². The highest BCUT2D eigenvalue weighted by molar-refractivity contribution is 5.30. The smallest absolute Gasteiger partial charge is 0.123 e. The Bertz CT molecular complexity index is 433. The van der Waals surface area contributed by atoms with Crippen LogP contribution in [-0.4, -0.2) is 24.5 Å². The number of halogens is 1. The molecule has 0 saturated carbocycles. The maximum Gasteiger partial charge on any atom is 0.123 e. The van der Waals surface area contributed by atoms with E-state index >= 15 is 0 Å². The first-order chi connectivity index (χ1) is 9.65. The van der Waals surface area contributed by atoms with E-state index in [-0.39, 0.29) is 11.9 Å². The lowest BCUT2D eigenvalue weighted by atomic mass is 9.98. The highest BCUT2D eigenvalue weighted by atomic mass is 19.1. The first-order valence-electron chi connectivity index (χ1n) is 7.85. The topological polar surface area (TPSA) is 29.3 Å². The summed E-state index contributed by atoms with van der Waals surface area (Å²) < 4.78 is 13.3. The van der Waals surface area contributed by atoms with E-state index in [1.807, 2.05) is 13.0 Å². The summed E-state index contributed by atoms with van der Waals surface area (Å²) in [5.41, 5.74) is 8.22. The molecule has 2 N–H and O–H groups in total. The summed E-state index contributed by atoms with van der Waals surface area (Å²) in [7, 11) is 0. The third-order valence-corrected chi connectivity index (χ3v) is 4.71. The number of likely N-dealkylation sites (tertiary alicyclic amines) is 1. The van der Waals surface area contributed by atoms with Crippen LogP contribution in [0.5, 0.6) is 0 Å². The zero-order chi connectivity index (χ0) is 14.5. The van der Waals surface area contributed by atoms with Gasteiger partial charge in [-0.05, 0) is 68.5 Å². The second-order valence-corrected chi connectivity index (χ2v) is 5.99. The predicted molar refractivity (Wildman–Crippen MR) is 82.1 cm³/mol. The molecule has 3 heteroatoms. The van der Waals surface area contributed by atoms with E-state index in [9.17, 15) is 4.39 Å². The summed E-state index contributed by atoms with van der Waals surface area (Å²) in [4.78, 5) is 2.50. The van der Waals surface area contributed by atoms with Crippen molar-refractivity contribution in [1.82, 2.24) is 4.90 Å². The van der Waals surface area contributed by atoms with Gasteiger partial charge < -0.3 is 5.73 Å². The molecule has 0 bridgehead atoms. The van der Waals surface area contributed by atoms with E-state index < -0.39 is 0 Å². The number of hydrogen-bond acceptors (Lipinski definition) is 2. The first-order valence-corrected chi connectivity index (χ1v) is 7.85. The molecule has 0 aliphatic carbocycles. The van der Waals surface area contributed by atoms with Gasteiger partial charge in [-0.3, -0.25) is 4.90 Å². The summed E-state index contributed by atoms with van der Waals surface area (Å²) in [5.74, 6) is 0.691. The van der Waals surface area contributed by atoms with Gasteiger partial charge >= 0.3 is 0 Å². The molecule has 20 heavy (non-hydrogen) atoms. The van der Waals surface area contributed by atoms with Crippen molar-refractivity contribution in [1.29, 1.82) is 0 Å². The Labute approximate surface area is 122 Å². The second kappa shape index (κ2) is 7.19. The van der Waals surface area contributed by atoms with Crippen molar-refractivity contribution >= 4 is 0 Å². The van der Waals surface area contributed by atoms with Gasteiger partial charge in [-0.1, -0.05) is 19.4 Å². The van der Waals surface area contributed by atoms with E-state index in [2.05, 4.69) is 11.8 Å². The molecule has 0 radical (unpaired) electrons. The Hall–Kier alpha value is -0.930. The Morgan fingerprint density at radius 3 is 2.80 bits per heavy atom. The third kappa shape index (κ3) is 3.58. The minimum absolute atomic E-state index is 0.163. The zero-order valence-electron chi connectivity index (χ0n) is 12.7. The molecular weight excluding hydrogens is 251 g/mol. The highest BCUT2D eigenvalue weighted by Crippen LogP contribution is 2.28. The summed E-state index contributed by atoms with van der Waals surface area (Å²) in [6.07, 6.45) is 5.10. The molecule has 1 aromatic rings. The molecule has 2 rings (SSSR count). The molecule has 0 aromatic heterocycles. The van der Waals surface area contributed by atoms with E-state index in [1.54, 1.807) is 12.1 Å². The van der Waals surface area contributed by atoms with Crippen LogP contribution >= 0.6 is 0 Å². The van der Waals surface area contributed by atoms with Gasteiger partial charge in [0, 0.05) is 12.6 Å². The summed E-state index contributed by atoms with van der Waals surface area (Å²) in [6.45, 7) is 7.08. The minimum Gasteiger partial charge on any atom is -0.329 e. The molecule has 112 valence electrons. The van der Waals surface area contributed by atoms with Crippen molar-refractivity contribution < 1.29 is 4.39 Å². The largest absolute Gasteiger partial charge is 0.329 e. The number of aryl methyl sites for hydroxylation is 1. The van der Waals surface area contributed by atoms with Crippen LogP contribution in [0.15, 0.2) is 18.2 Å². The van der Waals surface area contributed by atoms with Crippen molar-refractivity contribution in [3.05, 3.63) is 35.1 Å². The fourth-order valence-electron chi connectivity index (χ4n) is 3.39. The van der Waals surface area contributed by atoms with Gasteiger partial charge in [-0.25, -0.2) is 4.39 Å². The number of hydrogen-bond donors (Lipinski definition) is 1. The van der Waals surface area contributed by atoms with Crippen LogP contribution in [-0.2, 0) is 0 Å². The van der Waals surface area contributed by atoms with Crippen molar-refractivity contribution in [2.75, 3.05) is 19.6 Å². The standard InChI is InChI=1S/C17H27FN2/c1-3-14-5-4-9-20(10-8-14)17(12-19)16-7-6-15(18)11-13(16)2/h6-7,11,14,17H,3-5,8-10,12,19H2,1-2H3. The molecule has 2 unspecified atom stereocenters. The lowest BCUT2D eigenvalue weighted by Gasteiger charge is -2.31. The van der Waals surface area contributed by atoms with Gasteiger partial charge in [0.05, 0.1) is 0 Å². The predicted octanol–water partition coefficient (Wildman–Crippen LogP) is 3.65. The summed E-state index contributed by atoms with van der Waals surface area (Å²) in [5, 5.41) is 0. The van der Waals surface area contributed by atoms with Crippen LogP contribution in [0.3, 0.4) is 0 Å². The number of benzene rings is 1. The Morgan fingerprint density at radius 2 is 2.15 bits per heavy atom. The van der Waals surface area contributed by atoms with E-state index in [1.165, 1.54) is 31.2 Å². The molecule has 1 aliphatic heterocycles. The Balaban J connectivity index is 2.15. The number of nitrogens with zero attached hydrogens (tertiary/aromatic N) is 1. The third-order valence-electron chi connectivity index (χ3n) is 4.71. The molecular formula is C17H27FN2. The SMILES string of the molecule is CCC1CCCN(C(CN)c2ccc(F)cc2C)CC1. The molecule has 1 heterocycles. The molecule has 1 saturated heterocycles. The van der Waals surface area contributed by atoms with Crippen molar-refractivity contribution in [2.24, 2.45) is 11.7 Å². The molecule has 1 fully saturated rings. The quantitative estimate of drug-likeness (QED) is 0.911. The van der Waals surface area contributed by atoms with Gasteiger partial charge in [0.25, 0.3) is 0 Å². The normalized spacial score (nSPS) is 22.5. The Kier molecular flexibility index (Phi) is 5.55. The lowest BCUT2D eigenvalue weighted by Crippen LogP contribution is -2.35. The summed E-state index contributed by atoms with van der Waals surface area (Å²) >= 11 is 0.